The first-order chi connectivity index (χ1) is 9.52. The summed E-state index contributed by atoms with van der Waals surface area (Å²) >= 11 is 0. The molecule has 0 saturated heterocycles. The van der Waals surface area contributed by atoms with Gasteiger partial charge in [-0.25, -0.2) is 9.97 Å². The van der Waals surface area contributed by atoms with Gasteiger partial charge in [0.25, 0.3) is 0 Å². The molecule has 0 aromatic carbocycles. The third-order valence-electron chi connectivity index (χ3n) is 3.72. The molecule has 1 fully saturated rings. The minimum absolute atomic E-state index is 0.464. The van der Waals surface area contributed by atoms with E-state index in [1.165, 1.54) is 12.8 Å². The molecule has 20 heavy (non-hydrogen) atoms. The summed E-state index contributed by atoms with van der Waals surface area (Å²) in [6, 6.07) is 6.42. The lowest BCUT2D eigenvalue weighted by atomic mass is 9.68. The Kier molecular flexibility index (Phi) is 3.16. The summed E-state index contributed by atoms with van der Waals surface area (Å²) in [5.74, 6) is 1.65. The maximum atomic E-state index is 4.61. The number of pyridine rings is 1. The molecule has 2 aromatic heterocycles. The fraction of sp³-hybridized carbons (Fsp3) is 0.438. The van der Waals surface area contributed by atoms with Crippen molar-refractivity contribution in [1.29, 1.82) is 0 Å². The van der Waals surface area contributed by atoms with Crippen LogP contribution in [0.2, 0.25) is 0 Å². The van der Waals surface area contributed by atoms with Gasteiger partial charge in [-0.3, -0.25) is 4.98 Å². The predicted octanol–water partition coefficient (Wildman–Crippen LogP) is 3.45. The molecule has 0 unspecified atom stereocenters. The Morgan fingerprint density at radius 1 is 1.25 bits per heavy atom. The number of aryl methyl sites for hydroxylation is 1. The second-order valence-electron chi connectivity index (χ2n) is 6.37. The number of hydrogen-bond acceptors (Lipinski definition) is 4. The number of anilines is 1. The highest BCUT2D eigenvalue weighted by Gasteiger charge is 2.36. The Labute approximate surface area is 119 Å². The molecular weight excluding hydrogens is 248 g/mol. The first-order valence-corrected chi connectivity index (χ1v) is 7.04. The molecule has 1 saturated carbocycles. The third kappa shape index (κ3) is 2.79. The van der Waals surface area contributed by atoms with Crippen molar-refractivity contribution in [3.8, 4) is 11.4 Å². The van der Waals surface area contributed by atoms with Crippen LogP contribution in [0.25, 0.3) is 11.4 Å². The van der Waals surface area contributed by atoms with Crippen LogP contribution in [0.3, 0.4) is 0 Å². The van der Waals surface area contributed by atoms with Crippen LogP contribution < -0.4 is 5.32 Å². The summed E-state index contributed by atoms with van der Waals surface area (Å²) in [6.07, 6.45) is 5.94. The molecule has 0 bridgehead atoms. The lowest BCUT2D eigenvalue weighted by Gasteiger charge is -2.43. The van der Waals surface area contributed by atoms with Gasteiger partial charge >= 0.3 is 0 Å². The molecule has 104 valence electrons. The van der Waals surface area contributed by atoms with Gasteiger partial charge in [0.05, 0.1) is 0 Å². The van der Waals surface area contributed by atoms with E-state index in [0.29, 0.717) is 11.5 Å². The van der Waals surface area contributed by atoms with Crippen LogP contribution in [-0.2, 0) is 0 Å². The van der Waals surface area contributed by atoms with E-state index < -0.39 is 0 Å². The van der Waals surface area contributed by atoms with Gasteiger partial charge in [0, 0.05) is 35.8 Å². The van der Waals surface area contributed by atoms with E-state index in [2.05, 4.69) is 34.1 Å². The van der Waals surface area contributed by atoms with E-state index in [1.807, 2.05) is 25.1 Å². The Balaban J connectivity index is 1.81. The van der Waals surface area contributed by atoms with Crippen molar-refractivity contribution in [2.75, 3.05) is 5.32 Å². The van der Waals surface area contributed by atoms with Crippen molar-refractivity contribution in [3.05, 3.63) is 36.3 Å². The monoisotopic (exact) mass is 268 g/mol. The van der Waals surface area contributed by atoms with Gasteiger partial charge in [-0.15, -0.1) is 0 Å². The molecular formula is C16H20N4. The fourth-order valence-electron chi connectivity index (χ4n) is 2.85. The minimum Gasteiger partial charge on any atom is -0.367 e. The van der Waals surface area contributed by atoms with Gasteiger partial charge in [0.1, 0.15) is 5.82 Å². The average molecular weight is 268 g/mol. The topological polar surface area (TPSA) is 50.7 Å². The van der Waals surface area contributed by atoms with Gasteiger partial charge in [-0.05, 0) is 37.3 Å². The summed E-state index contributed by atoms with van der Waals surface area (Å²) < 4.78 is 0. The number of rotatable bonds is 3. The molecule has 0 aliphatic heterocycles. The Bertz CT molecular complexity index is 599. The SMILES string of the molecule is Cc1cc(NC2CC(C)(C)C2)nc(-c2cccnc2)n1. The van der Waals surface area contributed by atoms with Gasteiger partial charge in [0.2, 0.25) is 0 Å². The van der Waals surface area contributed by atoms with Crippen molar-refractivity contribution in [1.82, 2.24) is 15.0 Å². The maximum Gasteiger partial charge on any atom is 0.163 e. The van der Waals surface area contributed by atoms with Crippen LogP contribution in [0.5, 0.6) is 0 Å². The molecule has 0 spiro atoms. The largest absolute Gasteiger partial charge is 0.367 e. The number of hydrogen-bond donors (Lipinski definition) is 1. The first-order valence-electron chi connectivity index (χ1n) is 7.04. The number of aromatic nitrogens is 3. The molecule has 4 nitrogen and oxygen atoms in total. The van der Waals surface area contributed by atoms with E-state index in [-0.39, 0.29) is 0 Å². The Hall–Kier alpha value is -1.97. The van der Waals surface area contributed by atoms with Crippen LogP contribution in [0.4, 0.5) is 5.82 Å². The van der Waals surface area contributed by atoms with Crippen molar-refractivity contribution in [2.24, 2.45) is 5.41 Å². The van der Waals surface area contributed by atoms with Gasteiger partial charge in [-0.2, -0.15) is 0 Å². The molecule has 0 atom stereocenters. The lowest BCUT2D eigenvalue weighted by molar-refractivity contribution is 0.167. The van der Waals surface area contributed by atoms with E-state index >= 15 is 0 Å². The number of nitrogens with zero attached hydrogens (tertiary/aromatic N) is 3. The molecule has 1 aliphatic carbocycles. The molecule has 0 amide bonds. The highest BCUT2D eigenvalue weighted by Crippen LogP contribution is 2.41. The van der Waals surface area contributed by atoms with E-state index in [1.54, 1.807) is 12.4 Å². The van der Waals surface area contributed by atoms with Crippen LogP contribution in [0, 0.1) is 12.3 Å². The van der Waals surface area contributed by atoms with Gasteiger partial charge in [0.15, 0.2) is 5.82 Å². The summed E-state index contributed by atoms with van der Waals surface area (Å²) in [5.41, 5.74) is 2.39. The van der Waals surface area contributed by atoms with Crippen LogP contribution >= 0.6 is 0 Å². The van der Waals surface area contributed by atoms with Crippen molar-refractivity contribution in [2.45, 2.75) is 39.7 Å². The zero-order valence-electron chi connectivity index (χ0n) is 12.2. The second-order valence-corrected chi connectivity index (χ2v) is 6.37. The smallest absolute Gasteiger partial charge is 0.163 e. The maximum absolute atomic E-state index is 4.61. The number of nitrogens with one attached hydrogen (secondary N) is 1. The molecule has 4 heteroatoms. The van der Waals surface area contributed by atoms with Gasteiger partial charge in [-0.1, -0.05) is 13.8 Å². The van der Waals surface area contributed by atoms with Crippen LogP contribution in [-0.4, -0.2) is 21.0 Å². The molecule has 1 N–H and O–H groups in total. The fourth-order valence-corrected chi connectivity index (χ4v) is 2.85. The van der Waals surface area contributed by atoms with Crippen molar-refractivity contribution >= 4 is 5.82 Å². The van der Waals surface area contributed by atoms with Crippen LogP contribution in [0.1, 0.15) is 32.4 Å². The summed E-state index contributed by atoms with van der Waals surface area (Å²) in [4.78, 5) is 13.2. The zero-order chi connectivity index (χ0) is 14.2. The van der Waals surface area contributed by atoms with Crippen molar-refractivity contribution in [3.63, 3.8) is 0 Å². The Morgan fingerprint density at radius 2 is 2.05 bits per heavy atom. The third-order valence-corrected chi connectivity index (χ3v) is 3.72. The summed E-state index contributed by atoms with van der Waals surface area (Å²) in [7, 11) is 0. The standard InChI is InChI=1S/C16H20N4/c1-11-7-14(19-13-8-16(2,3)9-13)20-15(18-11)12-5-4-6-17-10-12/h4-7,10,13H,8-9H2,1-3H3,(H,18,19,20). The zero-order valence-corrected chi connectivity index (χ0v) is 12.2. The van der Waals surface area contributed by atoms with Gasteiger partial charge < -0.3 is 5.32 Å². The lowest BCUT2D eigenvalue weighted by Crippen LogP contribution is -2.41. The Morgan fingerprint density at radius 3 is 2.70 bits per heavy atom. The van der Waals surface area contributed by atoms with Crippen molar-refractivity contribution < 1.29 is 0 Å². The summed E-state index contributed by atoms with van der Waals surface area (Å²) in [6.45, 7) is 6.60. The normalized spacial score (nSPS) is 17.6. The van der Waals surface area contributed by atoms with E-state index in [0.717, 1.165) is 22.9 Å². The highest BCUT2D eigenvalue weighted by atomic mass is 15.1. The highest BCUT2D eigenvalue weighted by molar-refractivity contribution is 5.56. The average Bonchev–Trinajstić information content (AvgIpc) is 2.37. The van der Waals surface area contributed by atoms with E-state index in [4.69, 9.17) is 0 Å². The molecule has 2 heterocycles. The molecule has 2 aromatic rings. The van der Waals surface area contributed by atoms with E-state index in [9.17, 15) is 0 Å². The minimum atomic E-state index is 0.464. The summed E-state index contributed by atoms with van der Waals surface area (Å²) in [5, 5.41) is 3.51. The molecule has 3 rings (SSSR count). The second kappa shape index (κ2) is 4.85. The quantitative estimate of drug-likeness (QED) is 0.926. The molecule has 1 aliphatic rings. The predicted molar refractivity (Wildman–Crippen MR) is 80.4 cm³/mol. The van der Waals surface area contributed by atoms with Crippen LogP contribution in [0.15, 0.2) is 30.6 Å². The first kappa shape index (κ1) is 13.0. The molecule has 0 radical (unpaired) electrons.